The van der Waals surface area contributed by atoms with Gasteiger partial charge in [0.05, 0.1) is 0 Å². The van der Waals surface area contributed by atoms with Crippen LogP contribution in [0.2, 0.25) is 0 Å². The number of hydrogen-bond donors (Lipinski definition) is 1. The predicted octanol–water partition coefficient (Wildman–Crippen LogP) is 2.83. The molecule has 2 nitrogen and oxygen atoms in total. The van der Waals surface area contributed by atoms with E-state index >= 15 is 0 Å². The van der Waals surface area contributed by atoms with Crippen LogP contribution in [0.1, 0.15) is 58.3 Å². The molecule has 0 spiro atoms. The van der Waals surface area contributed by atoms with Gasteiger partial charge in [0, 0.05) is 29.5 Å². The van der Waals surface area contributed by atoms with E-state index in [1.165, 1.54) is 38.5 Å². The lowest BCUT2D eigenvalue weighted by Gasteiger charge is -2.05. The molecular formula is C10H20MgO2. The number of carboxylic acid groups (broad SMARTS) is 1. The van der Waals surface area contributed by atoms with Crippen molar-refractivity contribution in [3.05, 3.63) is 0 Å². The highest BCUT2D eigenvalue weighted by atomic mass is 24.3. The fraction of sp³-hybridized carbons (Fsp3) is 0.900. The molecule has 0 unspecified atom stereocenters. The first-order chi connectivity index (χ1) is 5.77. The standard InChI is InChI=1S/C6H12.C4H8O2.Mg/c1-2-4-6-5-3-1;1-2-3-4(5)6;/h1-6H2;2-3H2,1H3,(H,5,6);. The highest BCUT2D eigenvalue weighted by molar-refractivity contribution is 5.75. The molecule has 0 aromatic carbocycles. The molecule has 1 saturated carbocycles. The van der Waals surface area contributed by atoms with E-state index < -0.39 is 5.97 Å². The molecule has 0 aromatic heterocycles. The maximum atomic E-state index is 9.60. The molecule has 74 valence electrons. The molecule has 0 saturated heterocycles. The van der Waals surface area contributed by atoms with Gasteiger partial charge in [0.1, 0.15) is 0 Å². The Bertz CT molecular complexity index is 100.0. The van der Waals surface area contributed by atoms with E-state index in [9.17, 15) is 4.79 Å². The number of rotatable bonds is 2. The number of hydrogen-bond acceptors (Lipinski definition) is 1. The minimum Gasteiger partial charge on any atom is -0.481 e. The summed E-state index contributed by atoms with van der Waals surface area (Å²) in [4.78, 5) is 9.60. The maximum absolute atomic E-state index is 9.60. The Morgan fingerprint density at radius 2 is 1.38 bits per heavy atom. The fourth-order valence-corrected chi connectivity index (χ4v) is 1.27. The summed E-state index contributed by atoms with van der Waals surface area (Å²) in [5, 5.41) is 7.91. The Balaban J connectivity index is 0. The van der Waals surface area contributed by atoms with Crippen molar-refractivity contribution >= 4 is 29.0 Å². The normalized spacial score (nSPS) is 14.8. The lowest BCUT2D eigenvalue weighted by molar-refractivity contribution is -0.137. The van der Waals surface area contributed by atoms with Crippen LogP contribution in [-0.2, 0) is 4.79 Å². The third-order valence-corrected chi connectivity index (χ3v) is 1.96. The van der Waals surface area contributed by atoms with E-state index in [0.717, 1.165) is 6.42 Å². The number of carbonyl (C=O) groups is 1. The number of carboxylic acids is 1. The SMILES string of the molecule is C1CCCCC1.CCCC(=O)O.[Mg]. The van der Waals surface area contributed by atoms with Crippen LogP contribution >= 0.6 is 0 Å². The van der Waals surface area contributed by atoms with Crippen molar-refractivity contribution in [2.24, 2.45) is 0 Å². The molecule has 0 heterocycles. The van der Waals surface area contributed by atoms with E-state index in [0.29, 0.717) is 6.42 Å². The Hall–Kier alpha value is 0.236. The molecule has 1 rings (SSSR count). The van der Waals surface area contributed by atoms with Crippen LogP contribution in [0.15, 0.2) is 0 Å². The second-order valence-corrected chi connectivity index (χ2v) is 3.27. The largest absolute Gasteiger partial charge is 0.481 e. The Labute approximate surface area is 97.2 Å². The van der Waals surface area contributed by atoms with Crippen molar-refractivity contribution < 1.29 is 9.90 Å². The van der Waals surface area contributed by atoms with Gasteiger partial charge in [-0.05, 0) is 6.42 Å². The topological polar surface area (TPSA) is 37.3 Å². The van der Waals surface area contributed by atoms with Crippen LogP contribution in [0.25, 0.3) is 0 Å². The molecule has 0 aromatic rings. The summed E-state index contributed by atoms with van der Waals surface area (Å²) in [5.41, 5.74) is 0. The summed E-state index contributed by atoms with van der Waals surface area (Å²) < 4.78 is 0. The summed E-state index contributed by atoms with van der Waals surface area (Å²) in [5.74, 6) is -0.711. The summed E-state index contributed by atoms with van der Waals surface area (Å²) in [7, 11) is 0. The third-order valence-electron chi connectivity index (χ3n) is 1.96. The minimum absolute atomic E-state index is 0. The van der Waals surface area contributed by atoms with E-state index in [-0.39, 0.29) is 23.1 Å². The molecule has 13 heavy (non-hydrogen) atoms. The third kappa shape index (κ3) is 15.0. The monoisotopic (exact) mass is 196 g/mol. The summed E-state index contributed by atoms with van der Waals surface area (Å²) in [6.07, 6.45) is 10.0. The Morgan fingerprint density at radius 1 is 1.08 bits per heavy atom. The first kappa shape index (κ1) is 15.7. The zero-order valence-electron chi connectivity index (χ0n) is 8.72. The van der Waals surface area contributed by atoms with Crippen molar-refractivity contribution in [3.8, 4) is 0 Å². The first-order valence-electron chi connectivity index (χ1n) is 4.99. The minimum atomic E-state index is -0.711. The van der Waals surface area contributed by atoms with Gasteiger partial charge >= 0.3 is 5.97 Å². The van der Waals surface area contributed by atoms with Gasteiger partial charge in [0.2, 0.25) is 0 Å². The predicted molar refractivity (Wildman–Crippen MR) is 56.0 cm³/mol. The van der Waals surface area contributed by atoms with Crippen LogP contribution in [0.5, 0.6) is 0 Å². The average molecular weight is 197 g/mol. The van der Waals surface area contributed by atoms with Gasteiger partial charge in [0.15, 0.2) is 0 Å². The van der Waals surface area contributed by atoms with Crippen molar-refractivity contribution in [1.29, 1.82) is 0 Å². The average Bonchev–Trinajstić information content (AvgIpc) is 2.08. The Morgan fingerprint density at radius 3 is 1.46 bits per heavy atom. The number of aliphatic carboxylic acids is 1. The Kier molecular flexibility index (Phi) is 14.8. The lowest BCUT2D eigenvalue weighted by Crippen LogP contribution is -1.90. The van der Waals surface area contributed by atoms with Crippen LogP contribution in [0, 0.1) is 0 Å². The quantitative estimate of drug-likeness (QED) is 0.690. The molecule has 1 aliphatic rings. The maximum Gasteiger partial charge on any atom is 0.303 e. The fourth-order valence-electron chi connectivity index (χ4n) is 1.27. The zero-order chi connectivity index (χ0) is 9.23. The summed E-state index contributed by atoms with van der Waals surface area (Å²) in [6, 6.07) is 0. The van der Waals surface area contributed by atoms with E-state index in [1.54, 1.807) is 0 Å². The highest BCUT2D eigenvalue weighted by Gasteiger charge is 1.95. The van der Waals surface area contributed by atoms with Crippen molar-refractivity contribution in [2.75, 3.05) is 0 Å². The van der Waals surface area contributed by atoms with E-state index in [4.69, 9.17) is 5.11 Å². The van der Waals surface area contributed by atoms with Gasteiger partial charge in [-0.25, -0.2) is 0 Å². The molecular weight excluding hydrogens is 176 g/mol. The van der Waals surface area contributed by atoms with Gasteiger partial charge < -0.3 is 5.11 Å². The molecule has 3 heteroatoms. The van der Waals surface area contributed by atoms with Gasteiger partial charge in [0.25, 0.3) is 0 Å². The molecule has 0 amide bonds. The van der Waals surface area contributed by atoms with Gasteiger partial charge in [-0.2, -0.15) is 0 Å². The van der Waals surface area contributed by atoms with Gasteiger partial charge in [-0.1, -0.05) is 45.4 Å². The highest BCUT2D eigenvalue weighted by Crippen LogP contribution is 2.15. The summed E-state index contributed by atoms with van der Waals surface area (Å²) >= 11 is 0. The van der Waals surface area contributed by atoms with Crippen LogP contribution in [0.3, 0.4) is 0 Å². The first-order valence-corrected chi connectivity index (χ1v) is 4.99. The second-order valence-electron chi connectivity index (χ2n) is 3.27. The van der Waals surface area contributed by atoms with Gasteiger partial charge in [-0.15, -0.1) is 0 Å². The van der Waals surface area contributed by atoms with E-state index in [1.807, 2.05) is 6.92 Å². The zero-order valence-corrected chi connectivity index (χ0v) is 10.1. The van der Waals surface area contributed by atoms with Crippen molar-refractivity contribution in [2.45, 2.75) is 58.3 Å². The van der Waals surface area contributed by atoms with Crippen molar-refractivity contribution in [3.63, 3.8) is 0 Å². The molecule has 0 atom stereocenters. The van der Waals surface area contributed by atoms with Gasteiger partial charge in [-0.3, -0.25) is 4.79 Å². The lowest BCUT2D eigenvalue weighted by atomic mass is 10.0. The van der Waals surface area contributed by atoms with E-state index in [2.05, 4.69) is 0 Å². The van der Waals surface area contributed by atoms with Crippen LogP contribution < -0.4 is 0 Å². The second kappa shape index (κ2) is 12.2. The molecule has 1 fully saturated rings. The molecule has 2 radical (unpaired) electrons. The summed E-state index contributed by atoms with van der Waals surface area (Å²) in [6.45, 7) is 1.84. The molecule has 1 N–H and O–H groups in total. The van der Waals surface area contributed by atoms with Crippen LogP contribution in [0.4, 0.5) is 0 Å². The smallest absolute Gasteiger partial charge is 0.303 e. The van der Waals surface area contributed by atoms with Crippen molar-refractivity contribution in [1.82, 2.24) is 0 Å². The van der Waals surface area contributed by atoms with Crippen LogP contribution in [-0.4, -0.2) is 34.1 Å². The molecule has 0 bridgehead atoms. The molecule has 1 aliphatic carbocycles. The molecule has 0 aliphatic heterocycles.